The van der Waals surface area contributed by atoms with Crippen LogP contribution in [0.25, 0.3) is 0 Å². The minimum absolute atomic E-state index is 0.0409. The second-order valence-corrected chi connectivity index (χ2v) is 7.66. The molecule has 0 aliphatic heterocycles. The van der Waals surface area contributed by atoms with E-state index in [1.54, 1.807) is 6.20 Å². The van der Waals surface area contributed by atoms with Crippen LogP contribution in [0.4, 0.5) is 11.5 Å². The molecule has 0 radical (unpaired) electrons. The van der Waals surface area contributed by atoms with Crippen molar-refractivity contribution < 1.29 is 9.53 Å². The van der Waals surface area contributed by atoms with Gasteiger partial charge in [0, 0.05) is 17.9 Å². The Balaban J connectivity index is 1.29. The minimum Gasteiger partial charge on any atom is -0.489 e. The summed E-state index contributed by atoms with van der Waals surface area (Å²) < 4.78 is 5.81. The summed E-state index contributed by atoms with van der Waals surface area (Å²) >= 11 is 0. The number of anilines is 2. The molecule has 1 heterocycles. The predicted octanol–water partition coefficient (Wildman–Crippen LogP) is 5.47. The summed E-state index contributed by atoms with van der Waals surface area (Å²) in [6.07, 6.45) is 7.43. The van der Waals surface area contributed by atoms with Gasteiger partial charge in [-0.05, 0) is 54.8 Å². The standard InChI is InChI=1S/C25H27N3O2/c29-25(28-21-9-5-2-6-10-21)20-11-16-24(26-17-20)27-22-12-14-23(15-13-22)30-18-19-7-3-1-4-8-19/h1,3-4,7-8,11-17,21H,2,5-6,9-10,18H2,(H,26,27)(H,28,29). The lowest BCUT2D eigenvalue weighted by molar-refractivity contribution is 0.0927. The molecule has 2 aromatic carbocycles. The van der Waals surface area contributed by atoms with Gasteiger partial charge in [-0.1, -0.05) is 49.6 Å². The molecular weight excluding hydrogens is 374 g/mol. The highest BCUT2D eigenvalue weighted by Crippen LogP contribution is 2.21. The van der Waals surface area contributed by atoms with E-state index < -0.39 is 0 Å². The highest BCUT2D eigenvalue weighted by molar-refractivity contribution is 5.94. The van der Waals surface area contributed by atoms with Gasteiger partial charge in [0.05, 0.1) is 5.56 Å². The van der Waals surface area contributed by atoms with Crippen molar-refractivity contribution in [2.75, 3.05) is 5.32 Å². The van der Waals surface area contributed by atoms with Gasteiger partial charge in [0.1, 0.15) is 18.2 Å². The molecule has 0 unspecified atom stereocenters. The first-order chi connectivity index (χ1) is 14.8. The Hall–Kier alpha value is -3.34. The molecule has 1 saturated carbocycles. The van der Waals surface area contributed by atoms with Gasteiger partial charge >= 0.3 is 0 Å². The van der Waals surface area contributed by atoms with Gasteiger partial charge in [-0.2, -0.15) is 0 Å². The van der Waals surface area contributed by atoms with Crippen molar-refractivity contribution in [3.8, 4) is 5.75 Å². The molecular formula is C25H27N3O2. The number of nitrogens with zero attached hydrogens (tertiary/aromatic N) is 1. The quantitative estimate of drug-likeness (QED) is 0.551. The fourth-order valence-corrected chi connectivity index (χ4v) is 3.64. The molecule has 1 fully saturated rings. The summed E-state index contributed by atoms with van der Waals surface area (Å²) in [5, 5.41) is 6.38. The normalized spacial score (nSPS) is 14.1. The van der Waals surface area contributed by atoms with E-state index in [9.17, 15) is 4.79 Å². The molecule has 0 spiro atoms. The van der Waals surface area contributed by atoms with Crippen molar-refractivity contribution in [3.63, 3.8) is 0 Å². The maximum absolute atomic E-state index is 12.4. The Labute approximate surface area is 177 Å². The van der Waals surface area contributed by atoms with Crippen molar-refractivity contribution in [3.05, 3.63) is 84.1 Å². The maximum Gasteiger partial charge on any atom is 0.253 e. The number of rotatable bonds is 7. The molecule has 1 aliphatic carbocycles. The molecule has 154 valence electrons. The molecule has 0 saturated heterocycles. The highest BCUT2D eigenvalue weighted by atomic mass is 16.5. The first kappa shape index (κ1) is 20.0. The largest absolute Gasteiger partial charge is 0.489 e. The van der Waals surface area contributed by atoms with Crippen LogP contribution < -0.4 is 15.4 Å². The zero-order valence-electron chi connectivity index (χ0n) is 17.0. The number of benzene rings is 2. The molecule has 30 heavy (non-hydrogen) atoms. The lowest BCUT2D eigenvalue weighted by atomic mass is 9.95. The van der Waals surface area contributed by atoms with Crippen LogP contribution in [0.1, 0.15) is 48.0 Å². The van der Waals surface area contributed by atoms with Crippen LogP contribution in [-0.2, 0) is 6.61 Å². The van der Waals surface area contributed by atoms with Gasteiger partial charge in [0.2, 0.25) is 0 Å². The van der Waals surface area contributed by atoms with Crippen LogP contribution in [0, 0.1) is 0 Å². The van der Waals surface area contributed by atoms with E-state index in [2.05, 4.69) is 15.6 Å². The van der Waals surface area contributed by atoms with Crippen molar-refractivity contribution >= 4 is 17.4 Å². The SMILES string of the molecule is O=C(NC1CCCCC1)c1ccc(Nc2ccc(OCc3ccccc3)cc2)nc1. The summed E-state index contributed by atoms with van der Waals surface area (Å²) in [6.45, 7) is 0.541. The number of amides is 1. The summed E-state index contributed by atoms with van der Waals surface area (Å²) in [5.74, 6) is 1.47. The van der Waals surface area contributed by atoms with E-state index in [0.717, 1.165) is 29.8 Å². The summed E-state index contributed by atoms with van der Waals surface area (Å²) in [4.78, 5) is 16.8. The van der Waals surface area contributed by atoms with Crippen LogP contribution >= 0.6 is 0 Å². The van der Waals surface area contributed by atoms with E-state index in [0.29, 0.717) is 24.0 Å². The van der Waals surface area contributed by atoms with Crippen LogP contribution in [0.3, 0.4) is 0 Å². The summed E-state index contributed by atoms with van der Waals surface area (Å²) in [6, 6.07) is 21.8. The second-order valence-electron chi connectivity index (χ2n) is 7.66. The fourth-order valence-electron chi connectivity index (χ4n) is 3.64. The number of ether oxygens (including phenoxy) is 1. The number of nitrogens with one attached hydrogen (secondary N) is 2. The van der Waals surface area contributed by atoms with Gasteiger partial charge in [-0.15, -0.1) is 0 Å². The van der Waals surface area contributed by atoms with Crippen molar-refractivity contribution in [2.45, 2.75) is 44.8 Å². The van der Waals surface area contributed by atoms with Gasteiger partial charge in [-0.3, -0.25) is 4.79 Å². The number of carbonyl (C=O) groups excluding carboxylic acids is 1. The molecule has 1 amide bonds. The number of aromatic nitrogens is 1. The number of hydrogen-bond acceptors (Lipinski definition) is 4. The molecule has 5 nitrogen and oxygen atoms in total. The lowest BCUT2D eigenvalue weighted by Crippen LogP contribution is -2.36. The average molecular weight is 402 g/mol. The maximum atomic E-state index is 12.4. The Morgan fingerprint density at radius 3 is 2.40 bits per heavy atom. The molecule has 0 bridgehead atoms. The van der Waals surface area contributed by atoms with E-state index in [1.807, 2.05) is 66.7 Å². The second kappa shape index (κ2) is 9.92. The van der Waals surface area contributed by atoms with Gasteiger partial charge in [-0.25, -0.2) is 4.98 Å². The van der Waals surface area contributed by atoms with Gasteiger partial charge in [0.25, 0.3) is 5.91 Å². The minimum atomic E-state index is -0.0409. The smallest absolute Gasteiger partial charge is 0.253 e. The number of hydrogen-bond donors (Lipinski definition) is 2. The first-order valence-corrected chi connectivity index (χ1v) is 10.6. The summed E-state index contributed by atoms with van der Waals surface area (Å²) in [5.41, 5.74) is 2.64. The third kappa shape index (κ3) is 5.60. The number of carbonyl (C=O) groups is 1. The van der Waals surface area contributed by atoms with Crippen LogP contribution in [0.2, 0.25) is 0 Å². The highest BCUT2D eigenvalue weighted by Gasteiger charge is 2.16. The van der Waals surface area contributed by atoms with E-state index in [-0.39, 0.29) is 5.91 Å². The molecule has 1 aromatic heterocycles. The van der Waals surface area contributed by atoms with Crippen molar-refractivity contribution in [1.29, 1.82) is 0 Å². The first-order valence-electron chi connectivity index (χ1n) is 10.6. The van der Waals surface area contributed by atoms with Crippen LogP contribution in [0.5, 0.6) is 5.75 Å². The van der Waals surface area contributed by atoms with E-state index in [4.69, 9.17) is 4.74 Å². The lowest BCUT2D eigenvalue weighted by Gasteiger charge is -2.22. The fraction of sp³-hybridized carbons (Fsp3) is 0.280. The third-order valence-corrected chi connectivity index (χ3v) is 5.34. The Bertz CT molecular complexity index is 934. The zero-order valence-corrected chi connectivity index (χ0v) is 17.0. The Morgan fingerprint density at radius 2 is 1.70 bits per heavy atom. The van der Waals surface area contributed by atoms with Crippen LogP contribution in [-0.4, -0.2) is 16.9 Å². The number of pyridine rings is 1. The summed E-state index contributed by atoms with van der Waals surface area (Å²) in [7, 11) is 0. The van der Waals surface area contributed by atoms with E-state index >= 15 is 0 Å². The third-order valence-electron chi connectivity index (χ3n) is 5.34. The molecule has 0 atom stereocenters. The van der Waals surface area contributed by atoms with Crippen LogP contribution in [0.15, 0.2) is 72.9 Å². The van der Waals surface area contributed by atoms with Gasteiger partial charge < -0.3 is 15.4 Å². The van der Waals surface area contributed by atoms with Crippen molar-refractivity contribution in [1.82, 2.24) is 10.3 Å². The van der Waals surface area contributed by atoms with Crippen molar-refractivity contribution in [2.24, 2.45) is 0 Å². The molecule has 3 aromatic rings. The molecule has 4 rings (SSSR count). The molecule has 2 N–H and O–H groups in total. The molecule has 5 heteroatoms. The average Bonchev–Trinajstić information content (AvgIpc) is 2.80. The zero-order chi connectivity index (χ0) is 20.6. The monoisotopic (exact) mass is 401 g/mol. The Kier molecular flexibility index (Phi) is 6.60. The Morgan fingerprint density at radius 1 is 0.933 bits per heavy atom. The van der Waals surface area contributed by atoms with E-state index in [1.165, 1.54) is 19.3 Å². The topological polar surface area (TPSA) is 63.2 Å². The molecule has 1 aliphatic rings. The van der Waals surface area contributed by atoms with Gasteiger partial charge in [0.15, 0.2) is 0 Å². The predicted molar refractivity (Wildman–Crippen MR) is 119 cm³/mol.